The smallest absolute Gasteiger partial charge is 0.120 e. The van der Waals surface area contributed by atoms with Crippen LogP contribution in [0.25, 0.3) is 0 Å². The highest BCUT2D eigenvalue weighted by Gasteiger charge is 2.26. The first-order chi connectivity index (χ1) is 9.63. The Morgan fingerprint density at radius 3 is 2.75 bits per heavy atom. The molecule has 1 fully saturated rings. The summed E-state index contributed by atoms with van der Waals surface area (Å²) in [5.74, 6) is 2.63. The van der Waals surface area contributed by atoms with Crippen LogP contribution in [0, 0.1) is 11.8 Å². The van der Waals surface area contributed by atoms with Crippen LogP contribution >= 0.6 is 0 Å². The molecule has 0 radical (unpaired) electrons. The number of hydrogen-bond acceptors (Lipinski definition) is 2. The number of hydrogen-bond donors (Lipinski definition) is 1. The molecule has 0 aromatic heterocycles. The third kappa shape index (κ3) is 2.85. The molecule has 110 valence electrons. The lowest BCUT2D eigenvalue weighted by atomic mass is 9.80. The molecule has 0 bridgehead atoms. The first-order valence-electron chi connectivity index (χ1n) is 8.18. The van der Waals surface area contributed by atoms with Crippen molar-refractivity contribution in [3.63, 3.8) is 0 Å². The zero-order chi connectivity index (χ0) is 14.1. The Hall–Kier alpha value is -1.02. The van der Waals surface area contributed by atoms with Gasteiger partial charge in [0.05, 0.1) is 6.10 Å². The lowest BCUT2D eigenvalue weighted by Gasteiger charge is -2.32. The Kier molecular flexibility index (Phi) is 4.02. The molecule has 0 amide bonds. The minimum Gasteiger partial charge on any atom is -0.490 e. The summed E-state index contributed by atoms with van der Waals surface area (Å²) in [6.45, 7) is 4.71. The molecule has 1 saturated carbocycles. The Morgan fingerprint density at radius 1 is 1.10 bits per heavy atom. The van der Waals surface area contributed by atoms with Crippen molar-refractivity contribution in [2.24, 2.45) is 17.6 Å². The number of benzene rings is 1. The molecule has 3 unspecified atom stereocenters. The van der Waals surface area contributed by atoms with E-state index in [9.17, 15) is 0 Å². The summed E-state index contributed by atoms with van der Waals surface area (Å²) in [6.07, 6.45) is 7.54. The van der Waals surface area contributed by atoms with E-state index < -0.39 is 0 Å². The molecule has 2 N–H and O–H groups in total. The van der Waals surface area contributed by atoms with Crippen LogP contribution < -0.4 is 10.5 Å². The third-order valence-corrected chi connectivity index (χ3v) is 5.33. The fourth-order valence-electron chi connectivity index (χ4n) is 3.68. The Morgan fingerprint density at radius 2 is 1.95 bits per heavy atom. The van der Waals surface area contributed by atoms with Gasteiger partial charge in [-0.3, -0.25) is 0 Å². The van der Waals surface area contributed by atoms with Gasteiger partial charge in [0, 0.05) is 6.04 Å². The molecule has 1 aromatic rings. The van der Waals surface area contributed by atoms with Gasteiger partial charge in [0.1, 0.15) is 5.75 Å². The van der Waals surface area contributed by atoms with Gasteiger partial charge in [0.15, 0.2) is 0 Å². The molecule has 0 heterocycles. The maximum absolute atomic E-state index is 6.23. The maximum atomic E-state index is 6.23. The quantitative estimate of drug-likeness (QED) is 0.875. The summed E-state index contributed by atoms with van der Waals surface area (Å²) in [5, 5.41) is 0. The van der Waals surface area contributed by atoms with Crippen molar-refractivity contribution in [2.75, 3.05) is 0 Å². The van der Waals surface area contributed by atoms with Crippen LogP contribution in [0.15, 0.2) is 18.2 Å². The highest BCUT2D eigenvalue weighted by atomic mass is 16.5. The van der Waals surface area contributed by atoms with E-state index in [0.29, 0.717) is 6.10 Å². The van der Waals surface area contributed by atoms with Crippen molar-refractivity contribution in [3.8, 4) is 5.75 Å². The van der Waals surface area contributed by atoms with Gasteiger partial charge in [-0.15, -0.1) is 0 Å². The number of fused-ring (bicyclic) bond motifs is 1. The average molecular weight is 273 g/mol. The maximum Gasteiger partial charge on any atom is 0.120 e. The van der Waals surface area contributed by atoms with Crippen LogP contribution in [-0.4, -0.2) is 6.10 Å². The third-order valence-electron chi connectivity index (χ3n) is 5.33. The van der Waals surface area contributed by atoms with Gasteiger partial charge in [-0.2, -0.15) is 0 Å². The van der Waals surface area contributed by atoms with Crippen LogP contribution in [0.3, 0.4) is 0 Å². The van der Waals surface area contributed by atoms with E-state index in [4.69, 9.17) is 10.5 Å². The van der Waals surface area contributed by atoms with E-state index in [1.807, 2.05) is 0 Å². The Bertz CT molecular complexity index is 470. The minimum atomic E-state index is 0.201. The summed E-state index contributed by atoms with van der Waals surface area (Å²) in [5.41, 5.74) is 8.96. The molecule has 0 spiro atoms. The van der Waals surface area contributed by atoms with Gasteiger partial charge < -0.3 is 10.5 Å². The van der Waals surface area contributed by atoms with Crippen LogP contribution in [-0.2, 0) is 6.42 Å². The lowest BCUT2D eigenvalue weighted by molar-refractivity contribution is 0.100. The number of rotatable bonds is 2. The molecule has 2 aliphatic carbocycles. The first-order valence-corrected chi connectivity index (χ1v) is 8.18. The van der Waals surface area contributed by atoms with Gasteiger partial charge >= 0.3 is 0 Å². The largest absolute Gasteiger partial charge is 0.490 e. The molecule has 3 rings (SSSR count). The zero-order valence-electron chi connectivity index (χ0n) is 12.8. The van der Waals surface area contributed by atoms with Gasteiger partial charge in [-0.25, -0.2) is 0 Å². The standard InChI is InChI=1S/C18H27NO/c1-12-6-8-15(10-13(12)2)20-16-9-7-14-4-3-5-18(19)17(14)11-16/h7,9,11-13,15,18H,3-6,8,10,19H2,1-2H3/t12?,13?,15?,18-/m1/s1. The summed E-state index contributed by atoms with van der Waals surface area (Å²) in [6, 6.07) is 6.76. The summed E-state index contributed by atoms with van der Waals surface area (Å²) in [4.78, 5) is 0. The first kappa shape index (κ1) is 13.9. The molecular weight excluding hydrogens is 246 g/mol. The fourth-order valence-corrected chi connectivity index (χ4v) is 3.68. The molecule has 4 atom stereocenters. The lowest BCUT2D eigenvalue weighted by Crippen LogP contribution is -2.29. The predicted octanol–water partition coefficient (Wildman–Crippen LogP) is 4.23. The van der Waals surface area contributed by atoms with Gasteiger partial charge in [0.25, 0.3) is 0 Å². The highest BCUT2D eigenvalue weighted by molar-refractivity contribution is 5.39. The van der Waals surface area contributed by atoms with E-state index in [1.54, 1.807) is 0 Å². The normalized spacial score (nSPS) is 33.5. The van der Waals surface area contributed by atoms with E-state index in [-0.39, 0.29) is 6.04 Å². The van der Waals surface area contributed by atoms with Crippen molar-refractivity contribution < 1.29 is 4.74 Å². The SMILES string of the molecule is CC1CCC(Oc2ccc3c(c2)[C@H](N)CCC3)CC1C. The van der Waals surface area contributed by atoms with Crippen molar-refractivity contribution in [1.29, 1.82) is 0 Å². The minimum absolute atomic E-state index is 0.201. The fraction of sp³-hybridized carbons (Fsp3) is 0.667. The van der Waals surface area contributed by atoms with Gasteiger partial charge in [0.2, 0.25) is 0 Å². The number of aryl methyl sites for hydroxylation is 1. The van der Waals surface area contributed by atoms with Crippen molar-refractivity contribution in [1.82, 2.24) is 0 Å². The van der Waals surface area contributed by atoms with Gasteiger partial charge in [-0.05, 0) is 73.6 Å². The van der Waals surface area contributed by atoms with Crippen LogP contribution in [0.4, 0.5) is 0 Å². The molecule has 2 heteroatoms. The van der Waals surface area contributed by atoms with Crippen molar-refractivity contribution in [3.05, 3.63) is 29.3 Å². The second-order valence-electron chi connectivity index (χ2n) is 6.87. The van der Waals surface area contributed by atoms with E-state index in [2.05, 4.69) is 32.0 Å². The van der Waals surface area contributed by atoms with Crippen molar-refractivity contribution in [2.45, 2.75) is 64.5 Å². The second kappa shape index (κ2) is 5.77. The van der Waals surface area contributed by atoms with Gasteiger partial charge in [-0.1, -0.05) is 19.9 Å². The monoisotopic (exact) mass is 273 g/mol. The van der Waals surface area contributed by atoms with Crippen LogP contribution in [0.2, 0.25) is 0 Å². The number of nitrogens with two attached hydrogens (primary N) is 1. The van der Waals surface area contributed by atoms with E-state index in [0.717, 1.165) is 24.0 Å². The molecular formula is C18H27NO. The van der Waals surface area contributed by atoms with E-state index in [1.165, 1.54) is 43.2 Å². The Labute approximate surface area is 122 Å². The summed E-state index contributed by atoms with van der Waals surface area (Å²) in [7, 11) is 0. The van der Waals surface area contributed by atoms with E-state index >= 15 is 0 Å². The zero-order valence-corrected chi connectivity index (χ0v) is 12.8. The highest BCUT2D eigenvalue weighted by Crippen LogP contribution is 2.34. The molecule has 1 aromatic carbocycles. The Balaban J connectivity index is 1.70. The summed E-state index contributed by atoms with van der Waals surface area (Å²) >= 11 is 0. The molecule has 2 nitrogen and oxygen atoms in total. The summed E-state index contributed by atoms with van der Waals surface area (Å²) < 4.78 is 6.23. The molecule has 2 aliphatic rings. The van der Waals surface area contributed by atoms with Crippen molar-refractivity contribution >= 4 is 0 Å². The molecule has 20 heavy (non-hydrogen) atoms. The topological polar surface area (TPSA) is 35.2 Å². The van der Waals surface area contributed by atoms with Crippen LogP contribution in [0.5, 0.6) is 5.75 Å². The average Bonchev–Trinajstić information content (AvgIpc) is 2.44. The molecule has 0 saturated heterocycles. The second-order valence-corrected chi connectivity index (χ2v) is 6.87. The van der Waals surface area contributed by atoms with Crippen LogP contribution in [0.1, 0.15) is 63.1 Å². The predicted molar refractivity (Wildman–Crippen MR) is 82.9 cm³/mol. The number of ether oxygens (including phenoxy) is 1. The molecule has 0 aliphatic heterocycles.